The number of rotatable bonds is 11. The molecule has 1 aromatic carbocycles. The van der Waals surface area contributed by atoms with Gasteiger partial charge in [0.05, 0.1) is 30.3 Å². The van der Waals surface area contributed by atoms with Crippen LogP contribution in [0.3, 0.4) is 0 Å². The summed E-state index contributed by atoms with van der Waals surface area (Å²) in [5, 5.41) is 13.4. The van der Waals surface area contributed by atoms with Crippen LogP contribution < -0.4 is 5.32 Å². The van der Waals surface area contributed by atoms with Crippen LogP contribution in [0.2, 0.25) is 0 Å². The lowest BCUT2D eigenvalue weighted by Crippen LogP contribution is -2.65. The normalized spacial score (nSPS) is 32.4. The molecule has 0 spiro atoms. The summed E-state index contributed by atoms with van der Waals surface area (Å²) in [4.78, 5) is 31.0. The van der Waals surface area contributed by atoms with Crippen molar-refractivity contribution < 1.29 is 27.7 Å². The van der Waals surface area contributed by atoms with Crippen molar-refractivity contribution in [2.45, 2.75) is 122 Å². The fraction of sp³-hybridized carbons (Fsp3) is 0.763. The number of hydrogen-bond acceptors (Lipinski definition) is 6. The van der Waals surface area contributed by atoms with Crippen molar-refractivity contribution in [2.24, 2.45) is 35.0 Å². The Balaban J connectivity index is 1.07. The van der Waals surface area contributed by atoms with Crippen molar-refractivity contribution in [3.8, 4) is 6.07 Å². The monoisotopic (exact) mass is 680 g/mol. The van der Waals surface area contributed by atoms with Gasteiger partial charge in [-0.25, -0.2) is 8.78 Å². The van der Waals surface area contributed by atoms with E-state index in [9.17, 15) is 23.6 Å². The van der Waals surface area contributed by atoms with E-state index in [0.29, 0.717) is 44.3 Å². The molecule has 3 saturated carbocycles. The predicted molar refractivity (Wildman–Crippen MR) is 184 cm³/mol. The molecule has 3 aliphatic heterocycles. The molecule has 3 saturated heterocycles. The van der Waals surface area contributed by atoms with Gasteiger partial charge in [0.25, 0.3) is 5.92 Å². The zero-order chi connectivity index (χ0) is 35.4. The first kappa shape index (κ1) is 36.3. The van der Waals surface area contributed by atoms with Gasteiger partial charge in [-0.05, 0) is 93.9 Å². The van der Waals surface area contributed by atoms with E-state index in [2.05, 4.69) is 44.3 Å². The van der Waals surface area contributed by atoms with E-state index < -0.39 is 24.5 Å². The molecular weight excluding hydrogens is 625 g/mol. The summed E-state index contributed by atoms with van der Waals surface area (Å²) in [6.07, 6.45) is 4.86. The number of likely N-dealkylation sites (tertiary alicyclic amines) is 2. The molecule has 11 heteroatoms. The Morgan fingerprint density at radius 2 is 1.90 bits per heavy atom. The van der Waals surface area contributed by atoms with Crippen molar-refractivity contribution in [3.63, 3.8) is 0 Å². The van der Waals surface area contributed by atoms with Crippen LogP contribution in [0.5, 0.6) is 0 Å². The lowest BCUT2D eigenvalue weighted by molar-refractivity contribution is -0.199. The van der Waals surface area contributed by atoms with Crippen LogP contribution in [-0.4, -0.2) is 84.0 Å². The van der Waals surface area contributed by atoms with E-state index in [1.807, 2.05) is 39.0 Å². The first-order valence-electron chi connectivity index (χ1n) is 18.5. The number of hydrogen-bond donors (Lipinski definition) is 1. The molecule has 6 fully saturated rings. The summed E-state index contributed by atoms with van der Waals surface area (Å²) in [7, 11) is -0.548. The standard InChI is InChI=1S/C38H55BF2N4O4/c1-25(21-35(2,3)45-16-14-38(40,41)24-45)29(22-42)34(47)44-15-10-13-27(23-44)18-33(46)43-32(17-26-11-8-7-9-12-26)39-48-31-20-28-19-30(36(28,4)5)37(31,6)49-39/h7-9,11-12,25,27-32H,10,13-21,23-24H2,1-6H3,(H,43,46)/t25?,27-,28-,29?,30-,31+,32-,37-/m0/s1. The van der Waals surface area contributed by atoms with Crippen LogP contribution in [0.15, 0.2) is 30.3 Å². The number of piperidine rings is 1. The minimum absolute atomic E-state index is 0.0136. The molecule has 8 atom stereocenters. The Hall–Kier alpha value is -2.55. The van der Waals surface area contributed by atoms with Gasteiger partial charge in [-0.2, -0.15) is 5.26 Å². The summed E-state index contributed by atoms with van der Waals surface area (Å²) in [5.41, 5.74) is 0.371. The van der Waals surface area contributed by atoms with Gasteiger partial charge >= 0.3 is 7.12 Å². The Labute approximate surface area is 291 Å². The summed E-state index contributed by atoms with van der Waals surface area (Å²) in [5.74, 6) is -3.55. The van der Waals surface area contributed by atoms with Gasteiger partial charge in [-0.1, -0.05) is 51.1 Å². The Kier molecular flexibility index (Phi) is 10.0. The first-order chi connectivity index (χ1) is 23.0. The highest BCUT2D eigenvalue weighted by molar-refractivity contribution is 6.48. The van der Waals surface area contributed by atoms with Crippen LogP contribution >= 0.6 is 0 Å². The molecule has 268 valence electrons. The topological polar surface area (TPSA) is 94.9 Å². The van der Waals surface area contributed by atoms with Crippen molar-refractivity contribution in [2.75, 3.05) is 26.2 Å². The Morgan fingerprint density at radius 1 is 1.16 bits per heavy atom. The van der Waals surface area contributed by atoms with Crippen molar-refractivity contribution in [1.82, 2.24) is 15.1 Å². The van der Waals surface area contributed by atoms with Crippen LogP contribution in [0.4, 0.5) is 8.78 Å². The first-order valence-corrected chi connectivity index (χ1v) is 18.5. The maximum Gasteiger partial charge on any atom is 0.482 e. The van der Waals surface area contributed by atoms with Crippen molar-refractivity contribution in [3.05, 3.63) is 35.9 Å². The minimum atomic E-state index is -2.70. The summed E-state index contributed by atoms with van der Waals surface area (Å²) < 4.78 is 41.3. The molecule has 1 aromatic rings. The molecule has 6 aliphatic rings. The van der Waals surface area contributed by atoms with E-state index in [4.69, 9.17) is 9.31 Å². The minimum Gasteiger partial charge on any atom is -0.404 e. The second-order valence-corrected chi connectivity index (χ2v) is 17.3. The number of nitrogens with zero attached hydrogens (tertiary/aromatic N) is 3. The largest absolute Gasteiger partial charge is 0.482 e. The molecule has 0 aromatic heterocycles. The predicted octanol–water partition coefficient (Wildman–Crippen LogP) is 5.90. The Bertz CT molecular complexity index is 1420. The Morgan fingerprint density at radius 3 is 2.55 bits per heavy atom. The molecule has 3 heterocycles. The highest BCUT2D eigenvalue weighted by Crippen LogP contribution is 2.65. The third kappa shape index (κ3) is 7.30. The highest BCUT2D eigenvalue weighted by Gasteiger charge is 2.68. The van der Waals surface area contributed by atoms with Crippen LogP contribution in [-0.2, 0) is 25.3 Å². The van der Waals surface area contributed by atoms with Crippen LogP contribution in [0, 0.1) is 46.3 Å². The number of nitrogens with one attached hydrogen (secondary N) is 1. The maximum atomic E-state index is 14.0. The quantitative estimate of drug-likeness (QED) is 0.293. The molecular formula is C38H55BF2N4O4. The molecule has 8 nitrogen and oxygen atoms in total. The number of nitriles is 1. The van der Waals surface area contributed by atoms with E-state index in [1.54, 1.807) is 9.80 Å². The number of amides is 2. The van der Waals surface area contributed by atoms with Gasteiger partial charge in [0.15, 0.2) is 0 Å². The highest BCUT2D eigenvalue weighted by atomic mass is 19.3. The van der Waals surface area contributed by atoms with E-state index >= 15 is 0 Å². The molecule has 3 aliphatic carbocycles. The summed E-state index contributed by atoms with van der Waals surface area (Å²) in [6, 6.07) is 12.3. The van der Waals surface area contributed by atoms with Gasteiger partial charge in [0.2, 0.25) is 11.8 Å². The van der Waals surface area contributed by atoms with Crippen molar-refractivity contribution in [1.29, 1.82) is 5.26 Å². The number of benzene rings is 1. The SMILES string of the molecule is CC(CC(C)(C)N1CCC(F)(F)C1)C(C#N)C(=O)N1CCC[C@@H](CC(=O)N[C@@H](Cc2ccccc2)B2O[C@@H]3C[C@@H]4C[C@@H](C4(C)C)[C@]3(C)O2)C1. The molecule has 2 unspecified atom stereocenters. The summed E-state index contributed by atoms with van der Waals surface area (Å²) in [6.45, 7) is 13.5. The fourth-order valence-electron chi connectivity index (χ4n) is 10.0. The molecule has 0 radical (unpaired) electrons. The molecule has 1 N–H and O–H groups in total. The number of carbonyl (C=O) groups is 2. The van der Waals surface area contributed by atoms with Crippen molar-refractivity contribution >= 4 is 18.9 Å². The zero-order valence-electron chi connectivity index (χ0n) is 30.2. The molecule has 2 bridgehead atoms. The van der Waals surface area contributed by atoms with Gasteiger partial charge < -0.3 is 19.5 Å². The maximum absolute atomic E-state index is 14.0. The van der Waals surface area contributed by atoms with E-state index in [1.165, 1.54) is 0 Å². The lowest BCUT2D eigenvalue weighted by atomic mass is 9.43. The van der Waals surface area contributed by atoms with E-state index in [0.717, 1.165) is 31.2 Å². The smallest absolute Gasteiger partial charge is 0.404 e. The third-order valence-corrected chi connectivity index (χ3v) is 13.1. The van der Waals surface area contributed by atoms with Gasteiger partial charge in [-0.15, -0.1) is 0 Å². The second kappa shape index (κ2) is 13.5. The average Bonchev–Trinajstić information content (AvgIpc) is 3.60. The van der Waals surface area contributed by atoms with E-state index in [-0.39, 0.29) is 66.1 Å². The van der Waals surface area contributed by atoms with Crippen LogP contribution in [0.25, 0.3) is 0 Å². The van der Waals surface area contributed by atoms with Gasteiger partial charge in [0, 0.05) is 38.0 Å². The van der Waals surface area contributed by atoms with Gasteiger partial charge in [-0.3, -0.25) is 14.5 Å². The fourth-order valence-corrected chi connectivity index (χ4v) is 10.0. The molecule has 7 rings (SSSR count). The molecule has 49 heavy (non-hydrogen) atoms. The van der Waals surface area contributed by atoms with Gasteiger partial charge in [0.1, 0.15) is 5.92 Å². The number of halogens is 2. The third-order valence-electron chi connectivity index (χ3n) is 13.1. The summed E-state index contributed by atoms with van der Waals surface area (Å²) >= 11 is 0. The number of carbonyl (C=O) groups excluding carboxylic acids is 2. The lowest BCUT2D eigenvalue weighted by Gasteiger charge is -2.64. The average molecular weight is 681 g/mol. The van der Waals surface area contributed by atoms with Crippen LogP contribution in [0.1, 0.15) is 92.1 Å². The number of alkyl halides is 2. The molecule has 2 amide bonds. The zero-order valence-corrected chi connectivity index (χ0v) is 30.2. The second-order valence-electron chi connectivity index (χ2n) is 17.3.